The topological polar surface area (TPSA) is 32.9 Å². The summed E-state index contributed by atoms with van der Waals surface area (Å²) in [5.74, 6) is -2.58. The van der Waals surface area contributed by atoms with Gasteiger partial charge in [-0.1, -0.05) is 23.9 Å². The predicted molar refractivity (Wildman–Crippen MR) is 69.4 cm³/mol. The van der Waals surface area contributed by atoms with Crippen molar-refractivity contribution < 1.29 is 22.0 Å². The molecule has 1 aromatic carbocycles. The number of hydrogen-bond acceptors (Lipinski definition) is 2. The van der Waals surface area contributed by atoms with Crippen LogP contribution in [-0.2, 0) is 6.18 Å². The first-order chi connectivity index (χ1) is 9.75. The number of halogens is 5. The second-order valence-electron chi connectivity index (χ2n) is 4.05. The minimum Gasteiger partial charge on any atom is -0.322 e. The second kappa shape index (κ2) is 5.88. The standard InChI is InChI=1S/C13H8F5NOS/c14-12(15)21-9-3-1-7(2-4-9)10-5-8(13(16,17)18)6-11(20)19-10/h1-6,12H,(H,19,20). The molecule has 0 fully saturated rings. The Labute approximate surface area is 120 Å². The molecule has 0 amide bonds. The molecule has 0 bridgehead atoms. The Kier molecular flexibility index (Phi) is 4.36. The van der Waals surface area contributed by atoms with Crippen molar-refractivity contribution in [3.8, 4) is 11.3 Å². The summed E-state index contributed by atoms with van der Waals surface area (Å²) in [7, 11) is 0. The number of thioether (sulfide) groups is 1. The Morgan fingerprint density at radius 1 is 1.05 bits per heavy atom. The minimum absolute atomic E-state index is 0.0246. The third kappa shape index (κ3) is 4.07. The van der Waals surface area contributed by atoms with E-state index in [4.69, 9.17) is 0 Å². The maximum atomic E-state index is 12.6. The van der Waals surface area contributed by atoms with Gasteiger partial charge in [-0.3, -0.25) is 4.79 Å². The number of rotatable bonds is 3. The molecule has 2 rings (SSSR count). The summed E-state index contributed by atoms with van der Waals surface area (Å²) in [4.78, 5) is 13.9. The van der Waals surface area contributed by atoms with E-state index in [2.05, 4.69) is 4.98 Å². The average molecular weight is 321 g/mol. The molecular formula is C13H8F5NOS. The van der Waals surface area contributed by atoms with Gasteiger partial charge in [-0.15, -0.1) is 0 Å². The van der Waals surface area contributed by atoms with E-state index in [9.17, 15) is 26.7 Å². The Balaban J connectivity index is 2.38. The summed E-state index contributed by atoms with van der Waals surface area (Å²) < 4.78 is 62.2. The zero-order chi connectivity index (χ0) is 15.6. The van der Waals surface area contributed by atoms with E-state index in [0.717, 1.165) is 6.07 Å². The fourth-order valence-electron chi connectivity index (χ4n) is 1.68. The summed E-state index contributed by atoms with van der Waals surface area (Å²) >= 11 is 0.328. The number of pyridine rings is 1. The average Bonchev–Trinajstić information content (AvgIpc) is 2.37. The van der Waals surface area contributed by atoms with Gasteiger partial charge in [0.15, 0.2) is 0 Å². The molecule has 2 aromatic rings. The minimum atomic E-state index is -4.63. The zero-order valence-corrected chi connectivity index (χ0v) is 11.1. The van der Waals surface area contributed by atoms with E-state index < -0.39 is 23.1 Å². The predicted octanol–water partition coefficient (Wildman–Crippen LogP) is 4.38. The number of H-pyrrole nitrogens is 1. The summed E-state index contributed by atoms with van der Waals surface area (Å²) in [5, 5.41) is 0. The molecule has 1 N–H and O–H groups in total. The lowest BCUT2D eigenvalue weighted by atomic mass is 10.1. The van der Waals surface area contributed by atoms with Crippen molar-refractivity contribution in [2.45, 2.75) is 16.8 Å². The third-order valence-corrected chi connectivity index (χ3v) is 3.28. The molecule has 1 aromatic heterocycles. The van der Waals surface area contributed by atoms with Crippen LogP contribution < -0.4 is 5.56 Å². The fraction of sp³-hybridized carbons (Fsp3) is 0.154. The van der Waals surface area contributed by atoms with Gasteiger partial charge < -0.3 is 4.98 Å². The lowest BCUT2D eigenvalue weighted by Gasteiger charge is -2.09. The van der Waals surface area contributed by atoms with Crippen molar-refractivity contribution in [2.75, 3.05) is 0 Å². The highest BCUT2D eigenvalue weighted by atomic mass is 32.2. The molecule has 0 aliphatic carbocycles. The highest BCUT2D eigenvalue weighted by molar-refractivity contribution is 7.99. The fourth-order valence-corrected chi connectivity index (χ4v) is 2.18. The molecule has 0 aliphatic rings. The van der Waals surface area contributed by atoms with Crippen molar-refractivity contribution in [3.63, 3.8) is 0 Å². The van der Waals surface area contributed by atoms with Crippen molar-refractivity contribution >= 4 is 11.8 Å². The van der Waals surface area contributed by atoms with E-state index in [1.807, 2.05) is 0 Å². The van der Waals surface area contributed by atoms with Gasteiger partial charge in [0.2, 0.25) is 5.56 Å². The molecule has 0 saturated heterocycles. The van der Waals surface area contributed by atoms with E-state index in [0.29, 0.717) is 23.4 Å². The number of nitrogens with one attached hydrogen (secondary N) is 1. The van der Waals surface area contributed by atoms with Crippen LogP contribution in [0.5, 0.6) is 0 Å². The molecule has 0 aliphatic heterocycles. The van der Waals surface area contributed by atoms with E-state index in [1.165, 1.54) is 24.3 Å². The molecule has 0 radical (unpaired) electrons. The molecular weight excluding hydrogens is 313 g/mol. The highest BCUT2D eigenvalue weighted by Crippen LogP contribution is 2.31. The van der Waals surface area contributed by atoms with Gasteiger partial charge in [-0.25, -0.2) is 0 Å². The molecule has 1 heterocycles. The summed E-state index contributed by atoms with van der Waals surface area (Å²) in [6, 6.07) is 6.71. The van der Waals surface area contributed by atoms with Gasteiger partial charge in [-0.05, 0) is 23.8 Å². The Bertz CT molecular complexity index is 678. The number of benzene rings is 1. The molecule has 112 valence electrons. The van der Waals surface area contributed by atoms with Crippen LogP contribution in [0.3, 0.4) is 0 Å². The lowest BCUT2D eigenvalue weighted by molar-refractivity contribution is -0.137. The van der Waals surface area contributed by atoms with Gasteiger partial charge in [0, 0.05) is 16.7 Å². The SMILES string of the molecule is O=c1cc(C(F)(F)F)cc(-c2ccc(SC(F)F)cc2)[nH]1. The van der Waals surface area contributed by atoms with Crippen LogP contribution >= 0.6 is 11.8 Å². The third-order valence-electron chi connectivity index (χ3n) is 2.56. The first kappa shape index (κ1) is 15.6. The van der Waals surface area contributed by atoms with Crippen molar-refractivity contribution in [2.24, 2.45) is 0 Å². The van der Waals surface area contributed by atoms with E-state index >= 15 is 0 Å². The number of aromatic nitrogens is 1. The van der Waals surface area contributed by atoms with Gasteiger partial charge in [0.05, 0.1) is 5.56 Å². The molecule has 2 nitrogen and oxygen atoms in total. The lowest BCUT2D eigenvalue weighted by Crippen LogP contribution is -2.13. The zero-order valence-electron chi connectivity index (χ0n) is 10.2. The van der Waals surface area contributed by atoms with E-state index in [-0.39, 0.29) is 10.6 Å². The van der Waals surface area contributed by atoms with Gasteiger partial charge in [0.1, 0.15) is 0 Å². The summed E-state index contributed by atoms with van der Waals surface area (Å²) in [6.45, 7) is 0. The number of hydrogen-bond donors (Lipinski definition) is 1. The molecule has 0 atom stereocenters. The monoisotopic (exact) mass is 321 g/mol. The number of aromatic amines is 1. The van der Waals surface area contributed by atoms with Gasteiger partial charge in [0.25, 0.3) is 5.76 Å². The number of alkyl halides is 5. The smallest absolute Gasteiger partial charge is 0.322 e. The first-order valence-corrected chi connectivity index (χ1v) is 6.50. The molecule has 8 heteroatoms. The Morgan fingerprint density at radius 3 is 2.19 bits per heavy atom. The van der Waals surface area contributed by atoms with Crippen LogP contribution in [-0.4, -0.2) is 10.7 Å². The van der Waals surface area contributed by atoms with Gasteiger partial charge >= 0.3 is 6.18 Å². The highest BCUT2D eigenvalue weighted by Gasteiger charge is 2.31. The van der Waals surface area contributed by atoms with E-state index in [1.54, 1.807) is 0 Å². The molecule has 0 saturated carbocycles. The summed E-state index contributed by atoms with van der Waals surface area (Å²) in [6.07, 6.45) is -4.63. The maximum absolute atomic E-state index is 12.6. The maximum Gasteiger partial charge on any atom is 0.416 e. The largest absolute Gasteiger partial charge is 0.416 e. The van der Waals surface area contributed by atoms with Crippen LogP contribution in [0.4, 0.5) is 22.0 Å². The second-order valence-corrected chi connectivity index (χ2v) is 5.11. The van der Waals surface area contributed by atoms with Crippen molar-refractivity contribution in [3.05, 3.63) is 52.3 Å². The summed E-state index contributed by atoms with van der Waals surface area (Å²) in [5.41, 5.74) is -1.67. The molecule has 0 unspecified atom stereocenters. The van der Waals surface area contributed by atoms with Crippen molar-refractivity contribution in [1.82, 2.24) is 4.98 Å². The molecule has 0 spiro atoms. The Hall–Kier alpha value is -1.83. The van der Waals surface area contributed by atoms with Gasteiger partial charge in [-0.2, -0.15) is 22.0 Å². The Morgan fingerprint density at radius 2 is 1.67 bits per heavy atom. The van der Waals surface area contributed by atoms with Crippen molar-refractivity contribution in [1.29, 1.82) is 0 Å². The van der Waals surface area contributed by atoms with Crippen LogP contribution in [0.1, 0.15) is 5.56 Å². The molecule has 21 heavy (non-hydrogen) atoms. The normalized spacial score (nSPS) is 11.9. The van der Waals surface area contributed by atoms with Crippen LogP contribution in [0, 0.1) is 0 Å². The van der Waals surface area contributed by atoms with Crippen LogP contribution in [0.25, 0.3) is 11.3 Å². The first-order valence-electron chi connectivity index (χ1n) is 5.62. The van der Waals surface area contributed by atoms with Crippen LogP contribution in [0.2, 0.25) is 0 Å². The quantitative estimate of drug-likeness (QED) is 0.672. The van der Waals surface area contributed by atoms with Crippen LogP contribution in [0.15, 0.2) is 46.1 Å².